The molecule has 2 aliphatic rings. The summed E-state index contributed by atoms with van der Waals surface area (Å²) in [6.07, 6.45) is 9.06. The first-order chi connectivity index (χ1) is 5.88. The van der Waals surface area contributed by atoms with Crippen molar-refractivity contribution in [2.75, 3.05) is 6.61 Å². The molecule has 1 aliphatic carbocycles. The number of carbonyl (C=O) groups excluding carboxylic acids is 1. The second-order valence-electron chi connectivity index (χ2n) is 2.83. The molecule has 62 valence electrons. The molecule has 0 saturated carbocycles. The number of ether oxygens (including phenoxy) is 1. The van der Waals surface area contributed by atoms with Crippen LogP contribution in [0, 0.1) is 0 Å². The fourth-order valence-electron chi connectivity index (χ4n) is 1.38. The number of hydrogen-bond acceptors (Lipinski definition) is 2. The number of Topliss-reactive ketones (excluding diaryl/α,β-unsaturated/α-hetero) is 1. The summed E-state index contributed by atoms with van der Waals surface area (Å²) < 4.78 is 5.35. The molecule has 0 bridgehead atoms. The third-order valence-electron chi connectivity index (χ3n) is 1.99. The first-order valence-corrected chi connectivity index (χ1v) is 4.11. The lowest BCUT2D eigenvalue weighted by Gasteiger charge is -2.17. The van der Waals surface area contributed by atoms with Crippen LogP contribution in [-0.4, -0.2) is 12.4 Å². The molecule has 0 unspecified atom stereocenters. The van der Waals surface area contributed by atoms with Crippen LogP contribution in [0.2, 0.25) is 0 Å². The largest absolute Gasteiger partial charge is 0.492 e. The minimum absolute atomic E-state index is 0.205. The van der Waals surface area contributed by atoms with Gasteiger partial charge in [0.1, 0.15) is 5.76 Å². The molecule has 0 aromatic carbocycles. The Labute approximate surface area is 71.2 Å². The number of allylic oxidation sites excluding steroid dienone is 5. The van der Waals surface area contributed by atoms with Crippen molar-refractivity contribution in [3.05, 3.63) is 35.6 Å². The van der Waals surface area contributed by atoms with Gasteiger partial charge in [0.25, 0.3) is 0 Å². The van der Waals surface area contributed by atoms with Gasteiger partial charge in [0.05, 0.1) is 12.2 Å². The summed E-state index contributed by atoms with van der Waals surface area (Å²) in [7, 11) is 0. The van der Waals surface area contributed by atoms with Crippen LogP contribution < -0.4 is 0 Å². The maximum Gasteiger partial charge on any atom is 0.169 e. The summed E-state index contributed by atoms with van der Waals surface area (Å²) >= 11 is 0. The summed E-state index contributed by atoms with van der Waals surface area (Å²) in [4.78, 5) is 11.4. The van der Waals surface area contributed by atoms with E-state index in [1.54, 1.807) is 0 Å². The van der Waals surface area contributed by atoms with E-state index in [2.05, 4.69) is 0 Å². The number of hydrogen-bond donors (Lipinski definition) is 0. The number of ketones is 1. The van der Waals surface area contributed by atoms with Gasteiger partial charge in [0.2, 0.25) is 0 Å². The van der Waals surface area contributed by atoms with E-state index in [9.17, 15) is 4.79 Å². The summed E-state index contributed by atoms with van der Waals surface area (Å²) in [6.45, 7) is 0.524. The number of carbonyl (C=O) groups is 1. The highest BCUT2D eigenvalue weighted by molar-refractivity contribution is 5.99. The molecule has 2 rings (SSSR count). The van der Waals surface area contributed by atoms with Crippen molar-refractivity contribution in [2.24, 2.45) is 0 Å². The molecule has 1 fully saturated rings. The molecular formula is C10H10O2. The fraction of sp³-hybridized carbons (Fsp3) is 0.300. The SMILES string of the molecule is O=C1CCOC2=CC=CCC=C12. The number of fused-ring (bicyclic) bond motifs is 1. The molecule has 1 aliphatic heterocycles. The van der Waals surface area contributed by atoms with Crippen LogP contribution in [0.15, 0.2) is 35.6 Å². The van der Waals surface area contributed by atoms with Gasteiger partial charge >= 0.3 is 0 Å². The lowest BCUT2D eigenvalue weighted by molar-refractivity contribution is -0.117. The van der Waals surface area contributed by atoms with Crippen LogP contribution in [0.3, 0.4) is 0 Å². The molecule has 0 radical (unpaired) electrons. The highest BCUT2D eigenvalue weighted by Gasteiger charge is 2.20. The number of rotatable bonds is 0. The second-order valence-corrected chi connectivity index (χ2v) is 2.83. The molecule has 2 nitrogen and oxygen atoms in total. The molecule has 0 N–H and O–H groups in total. The molecule has 2 heteroatoms. The predicted molar refractivity (Wildman–Crippen MR) is 45.5 cm³/mol. The molecule has 1 saturated heterocycles. The molecule has 1 heterocycles. The molecule has 0 amide bonds. The maximum atomic E-state index is 11.4. The van der Waals surface area contributed by atoms with Crippen LogP contribution in [0.4, 0.5) is 0 Å². The molecule has 0 aromatic heterocycles. The van der Waals surface area contributed by atoms with Crippen LogP contribution in [0.25, 0.3) is 0 Å². The third-order valence-corrected chi connectivity index (χ3v) is 1.99. The Bertz CT molecular complexity index is 295. The fourth-order valence-corrected chi connectivity index (χ4v) is 1.38. The molecule has 0 aromatic rings. The average molecular weight is 162 g/mol. The van der Waals surface area contributed by atoms with E-state index in [1.165, 1.54) is 0 Å². The Kier molecular flexibility index (Phi) is 1.82. The maximum absolute atomic E-state index is 11.4. The Morgan fingerprint density at radius 2 is 2.33 bits per heavy atom. The van der Waals surface area contributed by atoms with Crippen LogP contribution >= 0.6 is 0 Å². The zero-order valence-corrected chi connectivity index (χ0v) is 6.75. The van der Waals surface area contributed by atoms with Gasteiger partial charge in [-0.1, -0.05) is 18.2 Å². The van der Waals surface area contributed by atoms with Gasteiger partial charge in [-0.2, -0.15) is 0 Å². The van der Waals surface area contributed by atoms with Gasteiger partial charge in [-0.3, -0.25) is 4.79 Å². The summed E-state index contributed by atoms with van der Waals surface area (Å²) in [5.74, 6) is 0.941. The van der Waals surface area contributed by atoms with Crippen molar-refractivity contribution in [1.29, 1.82) is 0 Å². The van der Waals surface area contributed by atoms with Crippen molar-refractivity contribution in [2.45, 2.75) is 12.8 Å². The summed E-state index contributed by atoms with van der Waals surface area (Å²) in [6, 6.07) is 0. The van der Waals surface area contributed by atoms with Gasteiger partial charge in [0, 0.05) is 6.42 Å². The van der Waals surface area contributed by atoms with Crippen molar-refractivity contribution < 1.29 is 9.53 Å². The highest BCUT2D eigenvalue weighted by Crippen LogP contribution is 2.22. The smallest absolute Gasteiger partial charge is 0.169 e. The van der Waals surface area contributed by atoms with E-state index >= 15 is 0 Å². The zero-order valence-electron chi connectivity index (χ0n) is 6.75. The Hall–Kier alpha value is -1.31. The monoisotopic (exact) mass is 162 g/mol. The first-order valence-electron chi connectivity index (χ1n) is 4.11. The lowest BCUT2D eigenvalue weighted by atomic mass is 10.0. The van der Waals surface area contributed by atoms with Gasteiger partial charge in [-0.05, 0) is 12.5 Å². The van der Waals surface area contributed by atoms with Crippen LogP contribution in [0.1, 0.15) is 12.8 Å². The molecule has 0 spiro atoms. The normalized spacial score (nSPS) is 21.8. The van der Waals surface area contributed by atoms with Gasteiger partial charge in [-0.15, -0.1) is 0 Å². The first kappa shape index (κ1) is 7.35. The molecular weight excluding hydrogens is 152 g/mol. The van der Waals surface area contributed by atoms with E-state index in [1.807, 2.05) is 24.3 Å². The Balaban J connectivity index is 2.36. The minimum Gasteiger partial charge on any atom is -0.492 e. The van der Waals surface area contributed by atoms with Gasteiger partial charge in [-0.25, -0.2) is 0 Å². The van der Waals surface area contributed by atoms with Crippen LogP contribution in [-0.2, 0) is 9.53 Å². The molecule has 0 atom stereocenters. The van der Waals surface area contributed by atoms with Gasteiger partial charge in [0.15, 0.2) is 5.78 Å². The third kappa shape index (κ3) is 1.20. The standard InChI is InChI=1S/C10H10O2/c11-9-6-7-12-10-5-3-1-2-4-8(9)10/h1,3-5H,2,6-7H2. The summed E-state index contributed by atoms with van der Waals surface area (Å²) in [5.41, 5.74) is 0.756. The van der Waals surface area contributed by atoms with E-state index in [4.69, 9.17) is 4.74 Å². The van der Waals surface area contributed by atoms with E-state index in [0.717, 1.165) is 17.8 Å². The van der Waals surface area contributed by atoms with E-state index in [-0.39, 0.29) is 5.78 Å². The molecule has 12 heavy (non-hydrogen) atoms. The minimum atomic E-state index is 0.205. The van der Waals surface area contributed by atoms with Crippen molar-refractivity contribution in [3.63, 3.8) is 0 Å². The van der Waals surface area contributed by atoms with Gasteiger partial charge < -0.3 is 4.74 Å². The Morgan fingerprint density at radius 3 is 3.25 bits per heavy atom. The van der Waals surface area contributed by atoms with Crippen molar-refractivity contribution >= 4 is 5.78 Å². The highest BCUT2D eigenvalue weighted by atomic mass is 16.5. The van der Waals surface area contributed by atoms with Crippen molar-refractivity contribution in [1.82, 2.24) is 0 Å². The van der Waals surface area contributed by atoms with Crippen molar-refractivity contribution in [3.8, 4) is 0 Å². The quantitative estimate of drug-likeness (QED) is 0.542. The van der Waals surface area contributed by atoms with E-state index < -0.39 is 0 Å². The second kappa shape index (κ2) is 2.97. The lowest BCUT2D eigenvalue weighted by Crippen LogP contribution is -2.16. The average Bonchev–Trinajstić information content (AvgIpc) is 2.30. The van der Waals surface area contributed by atoms with Crippen LogP contribution in [0.5, 0.6) is 0 Å². The van der Waals surface area contributed by atoms with E-state index in [0.29, 0.717) is 13.0 Å². The topological polar surface area (TPSA) is 26.3 Å². The Morgan fingerprint density at radius 1 is 1.42 bits per heavy atom. The zero-order chi connectivity index (χ0) is 8.39. The predicted octanol–water partition coefficient (Wildman–Crippen LogP) is 1.75. The summed E-state index contributed by atoms with van der Waals surface area (Å²) in [5, 5.41) is 0.